The maximum Gasteiger partial charge on any atom is 0.325 e. The van der Waals surface area contributed by atoms with Crippen LogP contribution in [0.25, 0.3) is 10.9 Å². The Morgan fingerprint density at radius 2 is 1.90 bits per heavy atom. The SMILES string of the molecule is CCOC(=O)Cn1c(C)c(/C=N/NC(=O)Cc2ccc(Cl)cc2)c2ccccc21. The fourth-order valence-electron chi connectivity index (χ4n) is 3.16. The Morgan fingerprint density at radius 3 is 2.62 bits per heavy atom. The van der Waals surface area contributed by atoms with Crippen LogP contribution in [0, 0.1) is 6.92 Å². The zero-order valence-corrected chi connectivity index (χ0v) is 17.1. The lowest BCUT2D eigenvalue weighted by Gasteiger charge is -2.07. The number of hydrogen-bond acceptors (Lipinski definition) is 4. The summed E-state index contributed by atoms with van der Waals surface area (Å²) in [5.74, 6) is -0.521. The maximum absolute atomic E-state index is 12.1. The van der Waals surface area contributed by atoms with Gasteiger partial charge in [0.1, 0.15) is 6.54 Å². The Bertz CT molecular complexity index is 1060. The standard InChI is InChI=1S/C22H22ClN3O3/c1-3-29-22(28)14-26-15(2)19(18-6-4-5-7-20(18)26)13-24-25-21(27)12-16-8-10-17(23)11-9-16/h4-11,13H,3,12,14H2,1-2H3,(H,25,27)/b24-13+. The van der Waals surface area contributed by atoms with E-state index >= 15 is 0 Å². The van der Waals surface area contributed by atoms with Crippen LogP contribution in [0.1, 0.15) is 23.7 Å². The van der Waals surface area contributed by atoms with Crippen LogP contribution in [0.3, 0.4) is 0 Å². The summed E-state index contributed by atoms with van der Waals surface area (Å²) >= 11 is 5.86. The van der Waals surface area contributed by atoms with Crippen molar-refractivity contribution in [1.29, 1.82) is 0 Å². The van der Waals surface area contributed by atoms with E-state index in [1.807, 2.05) is 35.8 Å². The molecular formula is C22H22ClN3O3. The van der Waals surface area contributed by atoms with Crippen LogP contribution in [0.2, 0.25) is 5.02 Å². The number of rotatable bonds is 7. The largest absolute Gasteiger partial charge is 0.465 e. The van der Waals surface area contributed by atoms with E-state index in [2.05, 4.69) is 10.5 Å². The minimum Gasteiger partial charge on any atom is -0.465 e. The molecule has 1 N–H and O–H groups in total. The fourth-order valence-corrected chi connectivity index (χ4v) is 3.28. The van der Waals surface area contributed by atoms with Crippen molar-refractivity contribution in [3.63, 3.8) is 0 Å². The first kappa shape index (κ1) is 20.6. The smallest absolute Gasteiger partial charge is 0.325 e. The summed E-state index contributed by atoms with van der Waals surface area (Å²) < 4.78 is 6.97. The minimum atomic E-state index is -0.295. The van der Waals surface area contributed by atoms with Gasteiger partial charge in [0.05, 0.1) is 19.2 Å². The van der Waals surface area contributed by atoms with Crippen molar-refractivity contribution in [2.45, 2.75) is 26.8 Å². The first-order chi connectivity index (χ1) is 14.0. The molecule has 0 aliphatic carbocycles. The molecule has 0 aliphatic rings. The van der Waals surface area contributed by atoms with Gasteiger partial charge in [0, 0.05) is 27.2 Å². The summed E-state index contributed by atoms with van der Waals surface area (Å²) in [6.07, 6.45) is 1.82. The molecule has 2 aromatic carbocycles. The van der Waals surface area contributed by atoms with Gasteiger partial charge in [-0.15, -0.1) is 0 Å². The Kier molecular flexibility index (Phi) is 6.67. The van der Waals surface area contributed by atoms with Crippen molar-refractivity contribution in [1.82, 2.24) is 9.99 Å². The van der Waals surface area contributed by atoms with E-state index in [1.165, 1.54) is 0 Å². The lowest BCUT2D eigenvalue weighted by atomic mass is 10.1. The molecule has 150 valence electrons. The number of halogens is 1. The minimum absolute atomic E-state index is 0.122. The van der Waals surface area contributed by atoms with Gasteiger partial charge in [-0.25, -0.2) is 5.43 Å². The number of amides is 1. The first-order valence-electron chi connectivity index (χ1n) is 9.29. The maximum atomic E-state index is 12.1. The number of benzene rings is 2. The van der Waals surface area contributed by atoms with Gasteiger partial charge in [0.25, 0.3) is 0 Å². The van der Waals surface area contributed by atoms with E-state index in [1.54, 1.807) is 37.4 Å². The summed E-state index contributed by atoms with van der Waals surface area (Å²) in [5.41, 5.74) is 6.03. The van der Waals surface area contributed by atoms with E-state index in [-0.39, 0.29) is 24.8 Å². The molecule has 0 fully saturated rings. The van der Waals surface area contributed by atoms with Gasteiger partial charge in [-0.2, -0.15) is 5.10 Å². The van der Waals surface area contributed by atoms with Gasteiger partial charge in [0.15, 0.2) is 0 Å². The van der Waals surface area contributed by atoms with Gasteiger partial charge >= 0.3 is 5.97 Å². The molecule has 0 saturated carbocycles. The van der Waals surface area contributed by atoms with Crippen LogP contribution in [0.4, 0.5) is 0 Å². The number of esters is 1. The van der Waals surface area contributed by atoms with Gasteiger partial charge in [0.2, 0.25) is 5.91 Å². The van der Waals surface area contributed by atoms with E-state index in [0.29, 0.717) is 11.6 Å². The Balaban J connectivity index is 1.77. The summed E-state index contributed by atoms with van der Waals surface area (Å²) in [6.45, 7) is 4.15. The number of para-hydroxylation sites is 1. The third kappa shape index (κ3) is 5.03. The molecule has 0 bridgehead atoms. The zero-order chi connectivity index (χ0) is 20.8. The quantitative estimate of drug-likeness (QED) is 0.364. The highest BCUT2D eigenvalue weighted by Crippen LogP contribution is 2.24. The number of hydrazone groups is 1. The molecule has 3 aromatic rings. The van der Waals surface area contributed by atoms with Gasteiger partial charge in [-0.3, -0.25) is 9.59 Å². The number of aromatic nitrogens is 1. The second-order valence-corrected chi connectivity index (χ2v) is 6.94. The van der Waals surface area contributed by atoms with Crippen molar-refractivity contribution in [2.24, 2.45) is 5.10 Å². The number of carbonyl (C=O) groups is 2. The third-order valence-electron chi connectivity index (χ3n) is 4.53. The van der Waals surface area contributed by atoms with Crippen LogP contribution in [0.15, 0.2) is 53.6 Å². The Labute approximate surface area is 174 Å². The van der Waals surface area contributed by atoms with Crippen molar-refractivity contribution in [3.05, 3.63) is 70.4 Å². The zero-order valence-electron chi connectivity index (χ0n) is 16.3. The Hall–Kier alpha value is -3.12. The molecule has 1 aromatic heterocycles. The number of fused-ring (bicyclic) bond motifs is 1. The van der Waals surface area contributed by atoms with Crippen molar-refractivity contribution < 1.29 is 14.3 Å². The van der Waals surface area contributed by atoms with E-state index < -0.39 is 0 Å². The summed E-state index contributed by atoms with van der Waals surface area (Å²) in [4.78, 5) is 24.1. The van der Waals surface area contributed by atoms with E-state index in [4.69, 9.17) is 16.3 Å². The topological polar surface area (TPSA) is 72.7 Å². The highest BCUT2D eigenvalue weighted by Gasteiger charge is 2.15. The normalized spacial score (nSPS) is 11.1. The Morgan fingerprint density at radius 1 is 1.17 bits per heavy atom. The second-order valence-electron chi connectivity index (χ2n) is 6.50. The summed E-state index contributed by atoms with van der Waals surface area (Å²) in [5, 5.41) is 5.69. The lowest BCUT2D eigenvalue weighted by molar-refractivity contribution is -0.143. The number of hydrogen-bond donors (Lipinski definition) is 1. The number of carbonyl (C=O) groups excluding carboxylic acids is 2. The molecule has 0 radical (unpaired) electrons. The summed E-state index contributed by atoms with van der Waals surface area (Å²) in [7, 11) is 0. The monoisotopic (exact) mass is 411 g/mol. The van der Waals surface area contributed by atoms with Crippen molar-refractivity contribution in [3.8, 4) is 0 Å². The molecule has 1 amide bonds. The van der Waals surface area contributed by atoms with Gasteiger partial charge in [-0.1, -0.05) is 41.9 Å². The molecule has 0 unspecified atom stereocenters. The van der Waals surface area contributed by atoms with Crippen LogP contribution in [-0.2, 0) is 27.3 Å². The highest BCUT2D eigenvalue weighted by atomic mass is 35.5. The van der Waals surface area contributed by atoms with E-state index in [0.717, 1.165) is 27.7 Å². The highest BCUT2D eigenvalue weighted by molar-refractivity contribution is 6.30. The van der Waals surface area contributed by atoms with Crippen LogP contribution in [-0.4, -0.2) is 29.3 Å². The van der Waals surface area contributed by atoms with Crippen LogP contribution in [0.5, 0.6) is 0 Å². The number of ether oxygens (including phenoxy) is 1. The molecule has 3 rings (SSSR count). The molecule has 0 atom stereocenters. The molecular weight excluding hydrogens is 390 g/mol. The third-order valence-corrected chi connectivity index (χ3v) is 4.79. The molecule has 0 aliphatic heterocycles. The second kappa shape index (κ2) is 9.39. The molecule has 29 heavy (non-hydrogen) atoms. The number of nitrogens with one attached hydrogen (secondary N) is 1. The predicted molar refractivity (Wildman–Crippen MR) is 114 cm³/mol. The molecule has 6 nitrogen and oxygen atoms in total. The van der Waals surface area contributed by atoms with Crippen LogP contribution < -0.4 is 5.43 Å². The van der Waals surface area contributed by atoms with Crippen molar-refractivity contribution in [2.75, 3.05) is 6.61 Å². The fraction of sp³-hybridized carbons (Fsp3) is 0.227. The van der Waals surface area contributed by atoms with Gasteiger partial charge < -0.3 is 9.30 Å². The molecule has 0 spiro atoms. The van der Waals surface area contributed by atoms with Gasteiger partial charge in [-0.05, 0) is 37.6 Å². The average molecular weight is 412 g/mol. The predicted octanol–water partition coefficient (Wildman–Crippen LogP) is 3.86. The number of nitrogens with zero attached hydrogens (tertiary/aromatic N) is 2. The molecule has 1 heterocycles. The van der Waals surface area contributed by atoms with Crippen molar-refractivity contribution >= 4 is 40.6 Å². The lowest BCUT2D eigenvalue weighted by Crippen LogP contribution is -2.19. The van der Waals surface area contributed by atoms with Crippen LogP contribution >= 0.6 is 11.6 Å². The summed E-state index contributed by atoms with van der Waals surface area (Å²) in [6, 6.07) is 14.8. The molecule has 7 heteroatoms. The van der Waals surface area contributed by atoms with E-state index in [9.17, 15) is 9.59 Å². The average Bonchev–Trinajstić information content (AvgIpc) is 2.96. The molecule has 0 saturated heterocycles. The first-order valence-corrected chi connectivity index (χ1v) is 9.67.